The van der Waals surface area contributed by atoms with Crippen LogP contribution in [0.15, 0.2) is 58.4 Å². The van der Waals surface area contributed by atoms with E-state index in [4.69, 9.17) is 11.6 Å². The van der Waals surface area contributed by atoms with Gasteiger partial charge in [0.25, 0.3) is 5.91 Å². The van der Waals surface area contributed by atoms with E-state index in [1.54, 1.807) is 29.3 Å². The van der Waals surface area contributed by atoms with E-state index < -0.39 is 0 Å². The SMILES string of the molecule is C=CCN1C(=O)C(=Cc2ccc(Cl)cc2)SC1=Nc1nccs1. The number of hydrogen-bond acceptors (Lipinski definition) is 5. The van der Waals surface area contributed by atoms with Gasteiger partial charge in [0.1, 0.15) is 0 Å². The minimum atomic E-state index is -0.0832. The minimum Gasteiger partial charge on any atom is -0.282 e. The third-order valence-corrected chi connectivity index (χ3v) is 4.90. The summed E-state index contributed by atoms with van der Waals surface area (Å²) in [4.78, 5) is 23.4. The van der Waals surface area contributed by atoms with E-state index in [0.29, 0.717) is 26.8 Å². The number of amidine groups is 1. The van der Waals surface area contributed by atoms with Gasteiger partial charge in [-0.1, -0.05) is 29.8 Å². The summed E-state index contributed by atoms with van der Waals surface area (Å²) in [6, 6.07) is 7.34. The highest BCUT2D eigenvalue weighted by atomic mass is 35.5. The number of carbonyl (C=O) groups excluding carboxylic acids is 1. The Morgan fingerprint density at radius 1 is 1.35 bits per heavy atom. The van der Waals surface area contributed by atoms with Crippen LogP contribution >= 0.6 is 34.7 Å². The number of benzene rings is 1. The average molecular weight is 362 g/mol. The summed E-state index contributed by atoms with van der Waals surface area (Å²) in [7, 11) is 0. The van der Waals surface area contributed by atoms with Crippen LogP contribution < -0.4 is 0 Å². The van der Waals surface area contributed by atoms with Crippen molar-refractivity contribution in [3.8, 4) is 0 Å². The Hall–Kier alpha value is -1.89. The van der Waals surface area contributed by atoms with Crippen molar-refractivity contribution in [1.82, 2.24) is 9.88 Å². The summed E-state index contributed by atoms with van der Waals surface area (Å²) in [6.45, 7) is 4.11. The van der Waals surface area contributed by atoms with Gasteiger partial charge >= 0.3 is 0 Å². The normalized spacial score (nSPS) is 18.1. The molecule has 2 heterocycles. The molecule has 1 amide bonds. The fraction of sp³-hybridized carbons (Fsp3) is 0.0625. The first-order valence-corrected chi connectivity index (χ1v) is 8.81. The molecule has 1 aromatic carbocycles. The van der Waals surface area contributed by atoms with Crippen LogP contribution in [0.1, 0.15) is 5.56 Å². The third-order valence-electron chi connectivity index (χ3n) is 2.98. The van der Waals surface area contributed by atoms with Crippen LogP contribution in [0, 0.1) is 0 Å². The molecule has 1 aliphatic heterocycles. The molecular weight excluding hydrogens is 350 g/mol. The Kier molecular flexibility index (Phi) is 4.95. The lowest BCUT2D eigenvalue weighted by Crippen LogP contribution is -2.29. The summed E-state index contributed by atoms with van der Waals surface area (Å²) in [6.07, 6.45) is 5.21. The van der Waals surface area contributed by atoms with Gasteiger partial charge < -0.3 is 0 Å². The molecule has 1 aromatic heterocycles. The highest BCUT2D eigenvalue weighted by Gasteiger charge is 2.32. The smallest absolute Gasteiger partial charge is 0.267 e. The van der Waals surface area contributed by atoms with E-state index in [2.05, 4.69) is 16.6 Å². The van der Waals surface area contributed by atoms with E-state index in [1.807, 2.05) is 23.6 Å². The fourth-order valence-electron chi connectivity index (χ4n) is 1.94. The summed E-state index contributed by atoms with van der Waals surface area (Å²) in [5.41, 5.74) is 0.916. The molecular formula is C16H12ClN3OS2. The van der Waals surface area contributed by atoms with Crippen LogP contribution in [0.4, 0.5) is 5.13 Å². The number of hydrogen-bond donors (Lipinski definition) is 0. The maximum Gasteiger partial charge on any atom is 0.267 e. The molecule has 3 rings (SSSR count). The van der Waals surface area contributed by atoms with Crippen molar-refractivity contribution < 1.29 is 4.79 Å². The van der Waals surface area contributed by atoms with Crippen LogP contribution in [-0.2, 0) is 4.79 Å². The van der Waals surface area contributed by atoms with Crippen molar-refractivity contribution >= 4 is 57.0 Å². The molecule has 4 nitrogen and oxygen atoms in total. The van der Waals surface area contributed by atoms with Gasteiger partial charge in [0, 0.05) is 23.1 Å². The van der Waals surface area contributed by atoms with Crippen LogP contribution in [-0.4, -0.2) is 27.5 Å². The van der Waals surface area contributed by atoms with Gasteiger partial charge in [0.15, 0.2) is 5.17 Å². The number of rotatable bonds is 4. The second-order valence-electron chi connectivity index (χ2n) is 4.58. The molecule has 0 atom stereocenters. The molecule has 0 N–H and O–H groups in total. The zero-order valence-corrected chi connectivity index (χ0v) is 14.4. The van der Waals surface area contributed by atoms with Crippen LogP contribution in [0.25, 0.3) is 6.08 Å². The third kappa shape index (κ3) is 3.72. The molecule has 23 heavy (non-hydrogen) atoms. The zero-order chi connectivity index (χ0) is 16.2. The Bertz CT molecular complexity index is 782. The first kappa shape index (κ1) is 16.0. The topological polar surface area (TPSA) is 45.6 Å². The highest BCUT2D eigenvalue weighted by Crippen LogP contribution is 2.34. The molecule has 116 valence electrons. The molecule has 1 aliphatic rings. The van der Waals surface area contributed by atoms with Crippen molar-refractivity contribution in [2.45, 2.75) is 0 Å². The van der Waals surface area contributed by atoms with E-state index >= 15 is 0 Å². The monoisotopic (exact) mass is 361 g/mol. The lowest BCUT2D eigenvalue weighted by Gasteiger charge is -2.11. The minimum absolute atomic E-state index is 0.0832. The van der Waals surface area contributed by atoms with Crippen LogP contribution in [0.3, 0.4) is 0 Å². The van der Waals surface area contributed by atoms with Crippen molar-refractivity contribution in [3.05, 3.63) is 64.0 Å². The molecule has 0 radical (unpaired) electrons. The molecule has 0 saturated carbocycles. The van der Waals surface area contributed by atoms with Gasteiger partial charge in [-0.15, -0.1) is 17.9 Å². The number of nitrogens with zero attached hydrogens (tertiary/aromatic N) is 3. The van der Waals surface area contributed by atoms with Crippen molar-refractivity contribution in [2.24, 2.45) is 4.99 Å². The van der Waals surface area contributed by atoms with Gasteiger partial charge in [0.05, 0.1) is 4.91 Å². The van der Waals surface area contributed by atoms with Gasteiger partial charge in [-0.3, -0.25) is 9.69 Å². The van der Waals surface area contributed by atoms with Crippen LogP contribution in [0.2, 0.25) is 5.02 Å². The second-order valence-corrected chi connectivity index (χ2v) is 6.89. The maximum atomic E-state index is 12.6. The highest BCUT2D eigenvalue weighted by molar-refractivity contribution is 8.18. The average Bonchev–Trinajstić information content (AvgIpc) is 3.14. The molecule has 1 saturated heterocycles. The van der Waals surface area contributed by atoms with Crippen molar-refractivity contribution in [1.29, 1.82) is 0 Å². The van der Waals surface area contributed by atoms with E-state index in [1.165, 1.54) is 23.1 Å². The lowest BCUT2D eigenvalue weighted by atomic mass is 10.2. The predicted octanol–water partition coefficient (Wildman–Crippen LogP) is 4.59. The number of aliphatic imine (C=N–C) groups is 1. The summed E-state index contributed by atoms with van der Waals surface area (Å²) < 4.78 is 0. The number of amides is 1. The van der Waals surface area contributed by atoms with Crippen molar-refractivity contribution in [2.75, 3.05) is 6.54 Å². The van der Waals surface area contributed by atoms with Gasteiger partial charge in [-0.05, 0) is 35.5 Å². The first-order valence-electron chi connectivity index (χ1n) is 6.73. The standard InChI is InChI=1S/C16H12ClN3OS2/c1-2-8-20-14(21)13(10-11-3-5-12(17)6-4-11)23-16(20)19-15-18-7-9-22-15/h2-7,9-10H,1,8H2. The van der Waals surface area contributed by atoms with Crippen LogP contribution in [0.5, 0.6) is 0 Å². The Morgan fingerprint density at radius 3 is 2.78 bits per heavy atom. The summed E-state index contributed by atoms with van der Waals surface area (Å²) in [5, 5.41) is 3.76. The van der Waals surface area contributed by atoms with E-state index in [0.717, 1.165) is 5.56 Å². The number of thiazole rings is 1. The maximum absolute atomic E-state index is 12.6. The van der Waals surface area contributed by atoms with Gasteiger partial charge in [-0.2, -0.15) is 4.99 Å². The molecule has 0 aliphatic carbocycles. The van der Waals surface area contributed by atoms with Crippen molar-refractivity contribution in [3.63, 3.8) is 0 Å². The molecule has 7 heteroatoms. The van der Waals surface area contributed by atoms with E-state index in [9.17, 15) is 4.79 Å². The second kappa shape index (κ2) is 7.12. The predicted molar refractivity (Wildman–Crippen MR) is 98.1 cm³/mol. The Morgan fingerprint density at radius 2 is 2.13 bits per heavy atom. The number of halogens is 1. The lowest BCUT2D eigenvalue weighted by molar-refractivity contribution is -0.121. The first-order chi connectivity index (χ1) is 11.2. The number of aromatic nitrogens is 1. The van der Waals surface area contributed by atoms with Gasteiger partial charge in [-0.25, -0.2) is 4.98 Å². The molecule has 0 bridgehead atoms. The number of thioether (sulfide) groups is 1. The molecule has 0 unspecified atom stereocenters. The zero-order valence-electron chi connectivity index (χ0n) is 12.0. The molecule has 2 aromatic rings. The van der Waals surface area contributed by atoms with Gasteiger partial charge in [0.2, 0.25) is 5.13 Å². The quantitative estimate of drug-likeness (QED) is 0.591. The summed E-state index contributed by atoms with van der Waals surface area (Å²) >= 11 is 8.65. The fourth-order valence-corrected chi connectivity index (χ4v) is 3.62. The Labute approximate surface area is 147 Å². The summed E-state index contributed by atoms with van der Waals surface area (Å²) in [5.74, 6) is -0.0832. The largest absolute Gasteiger partial charge is 0.282 e. The number of carbonyl (C=O) groups is 1. The van der Waals surface area contributed by atoms with E-state index in [-0.39, 0.29) is 5.91 Å². The Balaban J connectivity index is 1.92. The molecule has 1 fully saturated rings. The molecule has 0 spiro atoms.